The number of phenols is 2. The molecule has 4 aliphatic rings. The Bertz CT molecular complexity index is 1880. The molecule has 1 saturated heterocycles. The number of benzene rings is 3. The highest BCUT2D eigenvalue weighted by Crippen LogP contribution is 2.58. The fourth-order valence-corrected chi connectivity index (χ4v) is 8.64. The zero-order valence-corrected chi connectivity index (χ0v) is 28.9. The van der Waals surface area contributed by atoms with Crippen LogP contribution in [0.15, 0.2) is 36.4 Å². The molecule has 1 amide bonds. The minimum atomic E-state index is -0.683. The lowest BCUT2D eigenvalue weighted by molar-refractivity contribution is -0.123. The van der Waals surface area contributed by atoms with Crippen molar-refractivity contribution in [3.8, 4) is 34.8 Å². The number of aryl methyl sites for hydroxylation is 1. The minimum Gasteiger partial charge on any atom is -0.507 e. The van der Waals surface area contributed by atoms with Crippen molar-refractivity contribution in [2.75, 3.05) is 32.8 Å². The predicted octanol–water partition coefficient (Wildman–Crippen LogP) is 3.71. The number of phenolic OH excluding ortho intramolecular Hbond substituents is 2. The molecule has 0 saturated carbocycles. The molecule has 1 fully saturated rings. The number of likely N-dealkylation sites (N-methyl/N-ethyl adjacent to an activating group) is 1. The fourth-order valence-electron chi connectivity index (χ4n) is 8.34. The summed E-state index contributed by atoms with van der Waals surface area (Å²) >= 11 is 5.47. The third-order valence-electron chi connectivity index (χ3n) is 10.5. The minimum absolute atomic E-state index is 0.00253. The van der Waals surface area contributed by atoms with Crippen molar-refractivity contribution in [3.05, 3.63) is 69.8 Å². The number of nitrogens with zero attached hydrogens (tertiary/aromatic N) is 3. The number of amides is 1. The molecule has 7 rings (SSSR count). The summed E-state index contributed by atoms with van der Waals surface area (Å²) in [6.45, 7) is 5.53. The molecule has 12 nitrogen and oxygen atoms in total. The van der Waals surface area contributed by atoms with E-state index in [9.17, 15) is 20.3 Å². The van der Waals surface area contributed by atoms with E-state index in [1.54, 1.807) is 21.0 Å². The Morgan fingerprint density at radius 1 is 1.12 bits per heavy atom. The summed E-state index contributed by atoms with van der Waals surface area (Å²) < 4.78 is 17.5. The van der Waals surface area contributed by atoms with Gasteiger partial charge >= 0.3 is 0 Å². The van der Waals surface area contributed by atoms with E-state index >= 15 is 0 Å². The maximum atomic E-state index is 13.6. The summed E-state index contributed by atoms with van der Waals surface area (Å²) in [7, 11) is 3.53. The van der Waals surface area contributed by atoms with Crippen LogP contribution in [0.25, 0.3) is 0 Å². The molecule has 49 heavy (non-hydrogen) atoms. The first-order chi connectivity index (χ1) is 23.5. The van der Waals surface area contributed by atoms with Gasteiger partial charge in [0, 0.05) is 46.6 Å². The van der Waals surface area contributed by atoms with Gasteiger partial charge in [-0.05, 0) is 76.1 Å². The van der Waals surface area contributed by atoms with E-state index in [1.807, 2.05) is 50.4 Å². The molecule has 0 spiro atoms. The van der Waals surface area contributed by atoms with E-state index in [0.29, 0.717) is 51.9 Å². The number of carbonyl (C=O) groups excluding carboxylic acids is 1. The van der Waals surface area contributed by atoms with Gasteiger partial charge in [-0.25, -0.2) is 0 Å². The first-order valence-electron chi connectivity index (χ1n) is 16.4. The second-order valence-electron chi connectivity index (χ2n) is 13.2. The molecule has 0 aromatic heterocycles. The summed E-state index contributed by atoms with van der Waals surface area (Å²) in [6.07, 6.45) is 0.910. The topological polar surface area (TPSA) is 152 Å². The van der Waals surface area contributed by atoms with E-state index in [1.165, 1.54) is 0 Å². The van der Waals surface area contributed by atoms with E-state index in [4.69, 9.17) is 26.4 Å². The van der Waals surface area contributed by atoms with Gasteiger partial charge in [-0.1, -0.05) is 24.3 Å². The second-order valence-corrected chi connectivity index (χ2v) is 13.6. The van der Waals surface area contributed by atoms with E-state index in [-0.39, 0.29) is 48.9 Å². The molecular weight excluding hydrogens is 644 g/mol. The molecule has 0 radical (unpaired) electrons. The monoisotopic (exact) mass is 684 g/mol. The number of ether oxygens (including phenoxy) is 3. The third-order valence-corrected chi connectivity index (χ3v) is 10.8. The lowest BCUT2D eigenvalue weighted by Gasteiger charge is -2.60. The Morgan fingerprint density at radius 2 is 1.86 bits per heavy atom. The highest BCUT2D eigenvalue weighted by molar-refractivity contribution is 7.80. The van der Waals surface area contributed by atoms with Crippen molar-refractivity contribution in [1.82, 2.24) is 20.4 Å². The van der Waals surface area contributed by atoms with Crippen molar-refractivity contribution >= 4 is 28.9 Å². The number of nitrogens with one attached hydrogen (secondary N) is 3. The molecule has 6 atom stereocenters. The quantitative estimate of drug-likeness (QED) is 0.241. The highest BCUT2D eigenvalue weighted by atomic mass is 32.1. The molecule has 3 aromatic carbocycles. The number of aromatic hydroxyl groups is 2. The van der Waals surface area contributed by atoms with Gasteiger partial charge in [0.1, 0.15) is 17.8 Å². The Morgan fingerprint density at radius 3 is 2.57 bits per heavy atom. The summed E-state index contributed by atoms with van der Waals surface area (Å²) in [5.74, 6) is 1.29. The van der Waals surface area contributed by atoms with Crippen molar-refractivity contribution < 1.29 is 29.2 Å². The van der Waals surface area contributed by atoms with Crippen LogP contribution in [0.3, 0.4) is 0 Å². The van der Waals surface area contributed by atoms with Crippen molar-refractivity contribution in [2.45, 2.75) is 69.9 Å². The standard InChI is InChI=1S/C36H40N6O6S/c1-17-11-20-12-23-25(14-37)42-24(29(41(23)4)27(20)31(44)32(17)46-5)13-22-28(34-33(47-16-48-34)18(2)30(22)43)26(42)15-38-35(45)19(3)39-36(49)40-21-9-7-6-8-10-21/h6-11,19,23-26,29,43-44H,12-13,15-16H2,1-5H3,(H,38,45)(H2,39,40,49)/t19-,23?,24?,25?,26-,29-/m0/s1. The summed E-state index contributed by atoms with van der Waals surface area (Å²) in [5, 5.41) is 43.7. The maximum absolute atomic E-state index is 13.6. The molecule has 256 valence electrons. The normalized spacial score (nSPS) is 24.0. The van der Waals surface area contributed by atoms with Crippen LogP contribution >= 0.6 is 12.2 Å². The molecule has 2 bridgehead atoms. The van der Waals surface area contributed by atoms with Gasteiger partial charge in [0.25, 0.3) is 0 Å². The first kappa shape index (κ1) is 32.8. The zero-order chi connectivity index (χ0) is 34.7. The average molecular weight is 685 g/mol. The fraction of sp³-hybridized carbons (Fsp3) is 0.417. The van der Waals surface area contributed by atoms with Crippen LogP contribution in [-0.4, -0.2) is 82.7 Å². The van der Waals surface area contributed by atoms with Crippen LogP contribution in [0.5, 0.6) is 28.7 Å². The number of fused-ring (bicyclic) bond motifs is 9. The number of rotatable bonds is 6. The summed E-state index contributed by atoms with van der Waals surface area (Å²) in [6, 6.07) is 11.3. The van der Waals surface area contributed by atoms with E-state index < -0.39 is 18.1 Å². The summed E-state index contributed by atoms with van der Waals surface area (Å²) in [5.41, 5.74) is 5.30. The van der Waals surface area contributed by atoms with Crippen LogP contribution in [-0.2, 0) is 17.6 Å². The molecule has 4 aliphatic heterocycles. The second kappa shape index (κ2) is 12.6. The average Bonchev–Trinajstić information content (AvgIpc) is 3.57. The Balaban J connectivity index is 1.27. The number of piperazine rings is 1. The van der Waals surface area contributed by atoms with Crippen LogP contribution in [0.2, 0.25) is 0 Å². The van der Waals surface area contributed by atoms with Gasteiger partial charge < -0.3 is 40.4 Å². The number of carbonyl (C=O) groups is 1. The maximum Gasteiger partial charge on any atom is 0.242 e. The smallest absolute Gasteiger partial charge is 0.242 e. The zero-order valence-electron chi connectivity index (χ0n) is 28.0. The molecule has 5 N–H and O–H groups in total. The number of hydrogen-bond acceptors (Lipinski definition) is 10. The lowest BCUT2D eigenvalue weighted by Crippen LogP contribution is -2.68. The van der Waals surface area contributed by atoms with Gasteiger partial charge in [0.2, 0.25) is 12.7 Å². The molecule has 13 heteroatoms. The number of hydrogen-bond donors (Lipinski definition) is 5. The highest BCUT2D eigenvalue weighted by Gasteiger charge is 2.56. The Hall–Kier alpha value is -4.77. The van der Waals surface area contributed by atoms with Gasteiger partial charge in [-0.15, -0.1) is 0 Å². The molecular formula is C36H40N6O6S. The summed E-state index contributed by atoms with van der Waals surface area (Å²) in [4.78, 5) is 17.9. The van der Waals surface area contributed by atoms with Crippen LogP contribution < -0.4 is 30.2 Å². The van der Waals surface area contributed by atoms with Gasteiger partial charge in [0.05, 0.1) is 25.3 Å². The third kappa shape index (κ3) is 5.26. The first-order valence-corrected chi connectivity index (χ1v) is 16.8. The lowest BCUT2D eigenvalue weighted by atomic mass is 9.71. The number of nitriles is 1. The predicted molar refractivity (Wildman–Crippen MR) is 186 cm³/mol. The van der Waals surface area contributed by atoms with E-state index in [0.717, 1.165) is 22.4 Å². The van der Waals surface area contributed by atoms with Crippen LogP contribution in [0.1, 0.15) is 52.4 Å². The Kier molecular flexibility index (Phi) is 8.42. The van der Waals surface area contributed by atoms with Crippen molar-refractivity contribution in [3.63, 3.8) is 0 Å². The number of para-hydroxylation sites is 1. The molecule has 4 heterocycles. The van der Waals surface area contributed by atoms with Crippen molar-refractivity contribution in [1.29, 1.82) is 5.26 Å². The Labute approximate surface area is 290 Å². The van der Waals surface area contributed by atoms with Crippen molar-refractivity contribution in [2.24, 2.45) is 0 Å². The van der Waals surface area contributed by atoms with Crippen LogP contribution in [0, 0.1) is 25.2 Å². The SMILES string of the molecule is COc1c(C)cc2c(c1O)[C@@H]1C3Cc4c(O)c(C)c5c(c4[C@H](CNC(=O)[C@H](C)NC(=S)Nc4ccccc4)N3C(C#N)C(C2)N1C)OCO5. The van der Waals surface area contributed by atoms with E-state index in [2.05, 4.69) is 31.8 Å². The number of anilines is 1. The van der Waals surface area contributed by atoms with Gasteiger partial charge in [0.15, 0.2) is 28.1 Å². The largest absolute Gasteiger partial charge is 0.507 e. The van der Waals surface area contributed by atoms with Crippen LogP contribution in [0.4, 0.5) is 5.69 Å². The molecule has 3 unspecified atom stereocenters. The van der Waals surface area contributed by atoms with Gasteiger partial charge in [-0.2, -0.15) is 5.26 Å². The number of thiocarbonyl (C=S) groups is 1. The number of methoxy groups -OCH3 is 1. The van der Waals surface area contributed by atoms with Gasteiger partial charge in [-0.3, -0.25) is 14.6 Å². The molecule has 3 aromatic rings. The molecule has 0 aliphatic carbocycles.